The molecule has 14 nitrogen and oxygen atoms in total. The summed E-state index contributed by atoms with van der Waals surface area (Å²) in [5, 5.41) is 39.0. The van der Waals surface area contributed by atoms with Crippen LogP contribution >= 0.6 is 105 Å². The number of aryl methyl sites for hydroxylation is 4. The standard InChI is InChI=1S/C20H18BrN3S.C18H16BrN3S.C18H14BrN3.C18H15ClN2.C18H14IN3.2H2/c21-15-7-3-1-5-12(15)11-13-9-10-24-18(22)17-14-6-2-4-8-16(14)25-20(17)23-19(13)24;1-10-11(2)23-18-15(10)16(20)22-8-7-13(17(22)21-18)9-12-5-3-4-6-14(12)19;19-15-7-3-1-5-12(15)11-13-9-10-22-17(20)14-6-2-4-8-16(14)21-18(13)22;19-16-7-3-1-5-13(16)11-14-9-10-21-12-15-6-2-4-8-17(15)20-18(14)21;19-15-7-3-1-5-12(15)11-13-9-10-22-17(20)14-6-2-4-8-16(14)21-18(13)22;;/h1,3,5,7,11,22H,2,4,6,8-10H2;3-6,9,20H,7-8H2,1-2H3;1-8,11,20H,9-10H2;1-8,11H,9-10,12H2;1-8,11,20H,9-10H2;2*1H/b13-11+,22-18?;13-9+,20-16?;13-11+,20-17?;14-11+;13-11+,20-17?;;. The molecule has 14 aromatic rings. The third-order valence-electron chi connectivity index (χ3n) is 21.8. The number of thiophene rings is 2. The molecule has 7 aliphatic rings. The maximum Gasteiger partial charge on any atom is 0.139 e. The SMILES string of the molecule is Cc1sc2nc3n(c(=N)c2c1C)CC/C3=C\c1ccccc1Br.Clc1ccccc1/C=C1\CCN2Cc3ccccc3N=C12.N=c1c2c3c(sc2nc2n1CC/C2=C\c1ccccc1Br)CCCC3.N=c1c2ccccc2nc2n1CC/C2=C\c1ccccc1Br.N=c1c2ccccc2nc2n1CC/C2=C\c1ccccc1I.[HH].[HH]. The van der Waals surface area contributed by atoms with Gasteiger partial charge in [-0.15, -0.1) is 22.7 Å². The largest absolute Gasteiger partial charge is 0.352 e. The lowest BCUT2D eigenvalue weighted by atomic mass is 9.97. The van der Waals surface area contributed by atoms with Gasteiger partial charge in [-0.05, 0) is 258 Å². The van der Waals surface area contributed by atoms with Crippen LogP contribution in [0.25, 0.3) is 94.9 Å². The second-order valence-corrected chi connectivity index (χ2v) is 35.2. The molecule has 6 aliphatic heterocycles. The molecule has 8 aromatic carbocycles. The molecule has 1 fully saturated rings. The van der Waals surface area contributed by atoms with Crippen LogP contribution in [0.1, 0.15) is 125 Å². The summed E-state index contributed by atoms with van der Waals surface area (Å²) in [5.74, 6) is 4.88. The zero-order chi connectivity index (χ0) is 77.5. The Balaban J connectivity index is 0.000000113. The van der Waals surface area contributed by atoms with Gasteiger partial charge in [0.1, 0.15) is 60.7 Å². The highest BCUT2D eigenvalue weighted by Crippen LogP contribution is 2.40. The van der Waals surface area contributed by atoms with E-state index < -0.39 is 0 Å². The van der Waals surface area contributed by atoms with Crippen LogP contribution in [0.5, 0.6) is 0 Å². The van der Waals surface area contributed by atoms with Crippen LogP contribution in [-0.2, 0) is 45.6 Å². The number of aliphatic imine (C=N–C) groups is 1. The summed E-state index contributed by atoms with van der Waals surface area (Å²) in [5.41, 5.74) is 21.0. The number of rotatable bonds is 5. The van der Waals surface area contributed by atoms with Crippen molar-refractivity contribution in [3.8, 4) is 0 Å². The van der Waals surface area contributed by atoms with E-state index in [1.807, 2.05) is 140 Å². The molecule has 12 heterocycles. The Labute approximate surface area is 709 Å². The summed E-state index contributed by atoms with van der Waals surface area (Å²) in [6.07, 6.45) is 20.5. The minimum absolute atomic E-state index is 0. The van der Waals surface area contributed by atoms with Crippen molar-refractivity contribution in [1.82, 2.24) is 43.1 Å². The number of para-hydroxylation sites is 3. The third kappa shape index (κ3) is 15.4. The maximum absolute atomic E-state index is 8.78. The number of nitrogens with zero attached hydrogens (tertiary/aromatic N) is 10. The summed E-state index contributed by atoms with van der Waals surface area (Å²) >= 11 is 22.9. The smallest absolute Gasteiger partial charge is 0.139 e. The van der Waals surface area contributed by atoms with E-state index in [0.717, 1.165) is 196 Å². The fourth-order valence-corrected chi connectivity index (χ4v) is 20.1. The van der Waals surface area contributed by atoms with E-state index in [4.69, 9.17) is 58.2 Å². The first-order valence-corrected chi connectivity index (χ1v) is 43.5. The number of hydrogen-bond acceptors (Lipinski definition) is 12. The predicted molar refractivity (Wildman–Crippen MR) is 488 cm³/mol. The van der Waals surface area contributed by atoms with Crippen LogP contribution in [0.2, 0.25) is 5.02 Å². The number of hydrogen-bond donors (Lipinski definition) is 4. The molecule has 0 bridgehead atoms. The lowest BCUT2D eigenvalue weighted by Crippen LogP contribution is -2.27. The van der Waals surface area contributed by atoms with Crippen LogP contribution in [0.4, 0.5) is 5.69 Å². The molecule has 0 unspecified atom stereocenters. The Kier molecular flexibility index (Phi) is 22.2. The van der Waals surface area contributed by atoms with Crippen LogP contribution in [-0.4, -0.2) is 55.5 Å². The van der Waals surface area contributed by atoms with Crippen molar-refractivity contribution in [1.29, 1.82) is 21.6 Å². The molecule has 0 amide bonds. The highest BCUT2D eigenvalue weighted by atomic mass is 127. The fourth-order valence-electron chi connectivity index (χ4n) is 15.9. The van der Waals surface area contributed by atoms with E-state index in [1.165, 1.54) is 81.8 Å². The summed E-state index contributed by atoms with van der Waals surface area (Å²) in [6, 6.07) is 65.1. The van der Waals surface area contributed by atoms with Gasteiger partial charge < -0.3 is 23.2 Å². The maximum atomic E-state index is 8.78. The molecule has 1 aliphatic carbocycles. The van der Waals surface area contributed by atoms with E-state index in [9.17, 15) is 0 Å². The molecule has 113 heavy (non-hydrogen) atoms. The normalized spacial score (nSPS) is 16.5. The average Bonchev–Trinajstić information content (AvgIpc) is 1.61. The number of allylic oxidation sites excluding steroid dienone is 4. The Hall–Kier alpha value is -9.65. The molecule has 0 atom stereocenters. The van der Waals surface area contributed by atoms with Gasteiger partial charge in [-0.1, -0.05) is 193 Å². The van der Waals surface area contributed by atoms with Crippen molar-refractivity contribution in [2.75, 3.05) is 6.54 Å². The Morgan fingerprint density at radius 1 is 0.425 bits per heavy atom. The molecule has 6 aromatic heterocycles. The molecule has 21 heteroatoms. The van der Waals surface area contributed by atoms with Crippen LogP contribution in [0, 0.1) is 39.1 Å². The van der Waals surface area contributed by atoms with Crippen molar-refractivity contribution in [3.05, 3.63) is 321 Å². The zero-order valence-electron chi connectivity index (χ0n) is 62.1. The number of halogens is 5. The van der Waals surface area contributed by atoms with Gasteiger partial charge in [0, 0.05) is 84.7 Å². The number of aromatic nitrogens is 8. The van der Waals surface area contributed by atoms with E-state index in [-0.39, 0.29) is 2.85 Å². The molecule has 566 valence electrons. The van der Waals surface area contributed by atoms with E-state index >= 15 is 0 Å². The molecule has 21 rings (SSSR count). The van der Waals surface area contributed by atoms with E-state index in [2.05, 4.69) is 203 Å². The molecular formula is C92H81Br3ClIN14S2. The molecule has 0 radical (unpaired) electrons. The van der Waals surface area contributed by atoms with Gasteiger partial charge in [0.15, 0.2) is 0 Å². The minimum Gasteiger partial charge on any atom is -0.352 e. The summed E-state index contributed by atoms with van der Waals surface area (Å²) in [4.78, 5) is 31.4. The van der Waals surface area contributed by atoms with Gasteiger partial charge in [0.05, 0.1) is 27.5 Å². The minimum atomic E-state index is 0. The van der Waals surface area contributed by atoms with Crippen molar-refractivity contribution < 1.29 is 2.85 Å². The average molecular weight is 1850 g/mol. The van der Waals surface area contributed by atoms with Gasteiger partial charge >= 0.3 is 0 Å². The first-order chi connectivity index (χ1) is 55.1. The van der Waals surface area contributed by atoms with Crippen molar-refractivity contribution >= 4 is 211 Å². The number of benzene rings is 8. The second-order valence-electron chi connectivity index (χ2n) is 28.8. The van der Waals surface area contributed by atoms with Crippen molar-refractivity contribution in [3.63, 3.8) is 0 Å². The number of fused-ring (bicyclic) bond motifs is 12. The van der Waals surface area contributed by atoms with Gasteiger partial charge in [-0.25, -0.2) is 24.9 Å². The van der Waals surface area contributed by atoms with Crippen LogP contribution < -0.4 is 22.0 Å². The van der Waals surface area contributed by atoms with Crippen LogP contribution in [0.15, 0.2) is 218 Å². The topological polar surface area (TPSA) is 182 Å². The second kappa shape index (κ2) is 33.1. The summed E-state index contributed by atoms with van der Waals surface area (Å²) < 4.78 is 12.7. The van der Waals surface area contributed by atoms with Crippen LogP contribution in [0.3, 0.4) is 0 Å². The molecule has 0 saturated carbocycles. The van der Waals surface area contributed by atoms with Gasteiger partial charge in [0.2, 0.25) is 0 Å². The Morgan fingerprint density at radius 3 is 1.38 bits per heavy atom. The number of nitrogens with one attached hydrogen (secondary N) is 4. The Morgan fingerprint density at radius 2 is 0.841 bits per heavy atom. The first kappa shape index (κ1) is 76.0. The summed E-state index contributed by atoms with van der Waals surface area (Å²) in [7, 11) is 0. The first-order valence-electron chi connectivity index (χ1n) is 38.0. The molecule has 1 saturated heterocycles. The Bertz CT molecular complexity index is 6520. The molecule has 4 N–H and O–H groups in total. The van der Waals surface area contributed by atoms with E-state index in [0.29, 0.717) is 22.0 Å². The third-order valence-corrected chi connectivity index (χ3v) is 27.6. The highest BCUT2D eigenvalue weighted by molar-refractivity contribution is 14.1. The van der Waals surface area contributed by atoms with E-state index in [1.54, 1.807) is 11.3 Å². The lowest BCUT2D eigenvalue weighted by Gasteiger charge is -2.24. The summed E-state index contributed by atoms with van der Waals surface area (Å²) in [6.45, 7) is 9.53. The highest BCUT2D eigenvalue weighted by Gasteiger charge is 2.30. The quantitative estimate of drug-likeness (QED) is 0.125. The monoisotopic (exact) mass is 1840 g/mol. The molecular weight excluding hydrogens is 1770 g/mol. The van der Waals surface area contributed by atoms with Gasteiger partial charge in [-0.3, -0.25) is 21.6 Å². The van der Waals surface area contributed by atoms with Crippen molar-refractivity contribution in [2.24, 2.45) is 4.99 Å². The lowest BCUT2D eigenvalue weighted by molar-refractivity contribution is 0.443. The van der Waals surface area contributed by atoms with Gasteiger partial charge in [-0.2, -0.15) is 0 Å². The van der Waals surface area contributed by atoms with Crippen molar-refractivity contribution in [2.45, 2.75) is 104 Å². The zero-order valence-corrected chi connectivity index (χ0v) is 71.5. The fraction of sp³-hybridized carbons (Fsp3) is 0.185. The van der Waals surface area contributed by atoms with Gasteiger partial charge in [0.25, 0.3) is 0 Å². The number of amidine groups is 1. The predicted octanol–water partition coefficient (Wildman–Crippen LogP) is 23.5. The molecule has 0 spiro atoms.